The maximum Gasteiger partial charge on any atom is 0.307 e. The number of hydrogen-bond donors (Lipinski definition) is 2. The van der Waals surface area contributed by atoms with Gasteiger partial charge in [0.15, 0.2) is 5.78 Å². The number of benzene rings is 1. The molecule has 1 atom stereocenters. The molecule has 1 aromatic carbocycles. The van der Waals surface area contributed by atoms with E-state index in [1.54, 1.807) is 0 Å². The maximum atomic E-state index is 15.0. The number of carbonyl (C=O) groups excluding carboxylic acids is 1. The van der Waals surface area contributed by atoms with Crippen LogP contribution in [0.15, 0.2) is 12.1 Å². The predicted molar refractivity (Wildman–Crippen MR) is 117 cm³/mol. The molecule has 0 heterocycles. The maximum absolute atomic E-state index is 15.0. The SMILES string of the molecule is O=C(O)C[C@H](CC(=O)c1cc(C2CC2)c(OCC23CC4CC(CC(C4)C2)C3)cc1F)C(=O)O. The van der Waals surface area contributed by atoms with E-state index in [9.17, 15) is 23.9 Å². The molecule has 6 nitrogen and oxygen atoms in total. The lowest BCUT2D eigenvalue weighted by Gasteiger charge is -2.56. The van der Waals surface area contributed by atoms with Crippen LogP contribution in [0.3, 0.4) is 0 Å². The zero-order valence-corrected chi connectivity index (χ0v) is 18.7. The van der Waals surface area contributed by atoms with Gasteiger partial charge >= 0.3 is 11.9 Å². The predicted octanol–water partition coefficient (Wildman–Crippen LogP) is 5.05. The summed E-state index contributed by atoms with van der Waals surface area (Å²) in [7, 11) is 0. The Bertz CT molecular complexity index is 946. The molecule has 0 saturated heterocycles. The summed E-state index contributed by atoms with van der Waals surface area (Å²) in [6.07, 6.45) is 8.28. The minimum absolute atomic E-state index is 0.171. The Kier molecular flexibility index (Phi) is 5.69. The highest BCUT2D eigenvalue weighted by Crippen LogP contribution is 2.60. The first-order chi connectivity index (χ1) is 15.7. The van der Waals surface area contributed by atoms with Crippen molar-refractivity contribution >= 4 is 17.7 Å². The number of rotatable bonds is 10. The fourth-order valence-corrected chi connectivity index (χ4v) is 7.11. The first-order valence-corrected chi connectivity index (χ1v) is 12.2. The molecular formula is C26H31FO6. The van der Waals surface area contributed by atoms with E-state index >= 15 is 0 Å². The Morgan fingerprint density at radius 3 is 2.12 bits per heavy atom. The normalized spacial score (nSPS) is 30.8. The van der Waals surface area contributed by atoms with Gasteiger partial charge in [-0.3, -0.25) is 14.4 Å². The number of carboxylic acids is 2. The van der Waals surface area contributed by atoms with Crippen molar-refractivity contribution < 1.29 is 33.7 Å². The van der Waals surface area contributed by atoms with Crippen molar-refractivity contribution in [3.63, 3.8) is 0 Å². The Morgan fingerprint density at radius 1 is 1.00 bits per heavy atom. The summed E-state index contributed by atoms with van der Waals surface area (Å²) in [5, 5.41) is 18.2. The second kappa shape index (κ2) is 8.41. The minimum Gasteiger partial charge on any atom is -0.493 e. The summed E-state index contributed by atoms with van der Waals surface area (Å²) >= 11 is 0. The van der Waals surface area contributed by atoms with Crippen LogP contribution in [0.2, 0.25) is 0 Å². The molecule has 0 unspecified atom stereocenters. The molecule has 5 saturated carbocycles. The van der Waals surface area contributed by atoms with Gasteiger partial charge < -0.3 is 14.9 Å². The van der Waals surface area contributed by atoms with E-state index in [2.05, 4.69) is 0 Å². The van der Waals surface area contributed by atoms with Crippen molar-refractivity contribution in [2.24, 2.45) is 29.1 Å². The standard InChI is InChI=1S/C26H31FO6/c27-21-9-23(33-13-26-10-14-3-15(11-26)5-16(4-14)12-26)19(17-1-2-17)8-20(21)22(28)6-18(25(31)32)7-24(29)30/h8-9,14-18H,1-7,10-13H2,(H,29,30)(H,31,32)/t14?,15?,16?,18-,26?/m0/s1. The van der Waals surface area contributed by atoms with Gasteiger partial charge in [0.1, 0.15) is 11.6 Å². The van der Waals surface area contributed by atoms with Gasteiger partial charge in [-0.2, -0.15) is 0 Å². The van der Waals surface area contributed by atoms with Crippen molar-refractivity contribution in [1.29, 1.82) is 0 Å². The number of ketones is 1. The summed E-state index contributed by atoms with van der Waals surface area (Å²) in [6.45, 7) is 0.586. The number of Topliss-reactive ketones (excluding diaryl/α,β-unsaturated/α-hetero) is 1. The molecule has 1 aromatic rings. The van der Waals surface area contributed by atoms with E-state index in [4.69, 9.17) is 9.84 Å². The molecule has 5 aliphatic rings. The number of carboxylic acid groups (broad SMARTS) is 2. The monoisotopic (exact) mass is 458 g/mol. The first kappa shape index (κ1) is 22.4. The molecule has 6 rings (SSSR count). The van der Waals surface area contributed by atoms with Crippen LogP contribution in [0.4, 0.5) is 4.39 Å². The second-order valence-corrected chi connectivity index (χ2v) is 11.1. The van der Waals surface area contributed by atoms with Crippen LogP contribution in [-0.4, -0.2) is 34.5 Å². The topological polar surface area (TPSA) is 101 Å². The van der Waals surface area contributed by atoms with E-state index in [1.807, 2.05) is 0 Å². The van der Waals surface area contributed by atoms with Gasteiger partial charge in [0, 0.05) is 17.9 Å². The van der Waals surface area contributed by atoms with Gasteiger partial charge in [-0.05, 0) is 86.7 Å². The fourth-order valence-electron chi connectivity index (χ4n) is 7.11. The molecule has 0 spiro atoms. The largest absolute Gasteiger partial charge is 0.493 e. The lowest BCUT2D eigenvalue weighted by atomic mass is 9.50. The first-order valence-electron chi connectivity index (χ1n) is 12.2. The third-order valence-corrected chi connectivity index (χ3v) is 8.32. The van der Waals surface area contributed by atoms with Gasteiger partial charge in [-0.15, -0.1) is 0 Å². The van der Waals surface area contributed by atoms with Crippen LogP contribution in [0.1, 0.15) is 86.0 Å². The molecule has 7 heteroatoms. The molecule has 0 amide bonds. The smallest absolute Gasteiger partial charge is 0.307 e. The molecule has 33 heavy (non-hydrogen) atoms. The van der Waals surface area contributed by atoms with Crippen molar-refractivity contribution in [3.8, 4) is 5.75 Å². The van der Waals surface area contributed by atoms with E-state index in [1.165, 1.54) is 50.7 Å². The fraction of sp³-hybridized carbons (Fsp3) is 0.654. The molecule has 2 N–H and O–H groups in total. The highest BCUT2D eigenvalue weighted by molar-refractivity contribution is 5.99. The molecule has 5 fully saturated rings. The molecule has 0 radical (unpaired) electrons. The number of aliphatic carboxylic acids is 2. The summed E-state index contributed by atoms with van der Waals surface area (Å²) in [4.78, 5) is 35.0. The van der Waals surface area contributed by atoms with Crippen molar-refractivity contribution in [2.75, 3.05) is 6.61 Å². The Hall–Kier alpha value is -2.44. The Balaban J connectivity index is 1.33. The lowest BCUT2D eigenvalue weighted by molar-refractivity contribution is -0.148. The van der Waals surface area contributed by atoms with Crippen LogP contribution >= 0.6 is 0 Å². The highest BCUT2D eigenvalue weighted by atomic mass is 19.1. The highest BCUT2D eigenvalue weighted by Gasteiger charge is 2.51. The van der Waals surface area contributed by atoms with Crippen LogP contribution in [-0.2, 0) is 9.59 Å². The van der Waals surface area contributed by atoms with Crippen molar-refractivity contribution in [2.45, 2.75) is 70.1 Å². The van der Waals surface area contributed by atoms with Crippen LogP contribution in [0.25, 0.3) is 0 Å². The third-order valence-electron chi connectivity index (χ3n) is 8.32. The minimum atomic E-state index is -1.38. The average Bonchev–Trinajstić information content (AvgIpc) is 3.55. The molecule has 5 aliphatic carbocycles. The summed E-state index contributed by atoms with van der Waals surface area (Å²) in [6, 6.07) is 2.80. The number of hydrogen-bond acceptors (Lipinski definition) is 4. The van der Waals surface area contributed by atoms with Gasteiger partial charge in [-0.25, -0.2) is 4.39 Å². The molecule has 0 aliphatic heterocycles. The number of ether oxygens (including phenoxy) is 1. The van der Waals surface area contributed by atoms with E-state index in [0.29, 0.717) is 12.4 Å². The van der Waals surface area contributed by atoms with E-state index < -0.39 is 42.3 Å². The van der Waals surface area contributed by atoms with Crippen LogP contribution in [0, 0.1) is 34.9 Å². The molecule has 0 aromatic heterocycles. The second-order valence-electron chi connectivity index (χ2n) is 11.1. The summed E-state index contributed by atoms with van der Waals surface area (Å²) in [5.74, 6) is -2.36. The van der Waals surface area contributed by atoms with Crippen LogP contribution in [0.5, 0.6) is 5.75 Å². The Labute approximate surface area is 192 Å². The van der Waals surface area contributed by atoms with Gasteiger partial charge in [0.2, 0.25) is 0 Å². The summed E-state index contributed by atoms with van der Waals surface area (Å²) < 4.78 is 21.3. The zero-order valence-electron chi connectivity index (χ0n) is 18.7. The van der Waals surface area contributed by atoms with Gasteiger partial charge in [0.25, 0.3) is 0 Å². The lowest BCUT2D eigenvalue weighted by Crippen LogP contribution is -2.48. The average molecular weight is 459 g/mol. The molecule has 178 valence electrons. The number of carbonyl (C=O) groups is 3. The van der Waals surface area contributed by atoms with Crippen molar-refractivity contribution in [1.82, 2.24) is 0 Å². The molecular weight excluding hydrogens is 427 g/mol. The zero-order chi connectivity index (χ0) is 23.3. The van der Waals surface area contributed by atoms with E-state index in [-0.39, 0.29) is 16.9 Å². The van der Waals surface area contributed by atoms with E-state index in [0.717, 1.165) is 36.2 Å². The number of halogens is 1. The third kappa shape index (κ3) is 4.64. The van der Waals surface area contributed by atoms with Gasteiger partial charge in [0.05, 0.1) is 24.5 Å². The summed E-state index contributed by atoms with van der Waals surface area (Å²) in [5.41, 5.74) is 0.830. The Morgan fingerprint density at radius 2 is 1.61 bits per heavy atom. The van der Waals surface area contributed by atoms with Crippen molar-refractivity contribution in [3.05, 3.63) is 29.1 Å². The molecule has 4 bridgehead atoms. The quantitative estimate of drug-likeness (QED) is 0.476. The van der Waals surface area contributed by atoms with Crippen LogP contribution < -0.4 is 4.74 Å². The van der Waals surface area contributed by atoms with Gasteiger partial charge in [-0.1, -0.05) is 0 Å².